The predicted octanol–water partition coefficient (Wildman–Crippen LogP) is 4.19. The van der Waals surface area contributed by atoms with Crippen molar-refractivity contribution >= 4 is 40.7 Å². The summed E-state index contributed by atoms with van der Waals surface area (Å²) >= 11 is 3.32. The second-order valence-electron chi connectivity index (χ2n) is 4.68. The van der Waals surface area contributed by atoms with Gasteiger partial charge in [0.15, 0.2) is 0 Å². The van der Waals surface area contributed by atoms with Crippen LogP contribution in [0, 0.1) is 0 Å². The van der Waals surface area contributed by atoms with Crippen LogP contribution < -0.4 is 5.32 Å². The Morgan fingerprint density at radius 3 is 2.33 bits per heavy atom. The first-order valence-electron chi connectivity index (χ1n) is 6.23. The molecule has 0 saturated carbocycles. The molecule has 0 spiro atoms. The molecule has 0 bridgehead atoms. The third-order valence-electron chi connectivity index (χ3n) is 3.25. The molecule has 1 aliphatic heterocycles. The Morgan fingerprint density at radius 1 is 1.19 bits per heavy atom. The Balaban J connectivity index is 0.00000200. The number of benzene rings is 1. The molecule has 1 aromatic rings. The third kappa shape index (κ3) is 6.74. The summed E-state index contributed by atoms with van der Waals surface area (Å²) in [7, 11) is 0. The number of hydrogen-bond donors (Lipinski definition) is 1. The van der Waals surface area contributed by atoms with Crippen molar-refractivity contribution in [2.45, 2.75) is 18.6 Å². The van der Waals surface area contributed by atoms with E-state index >= 15 is 0 Å². The van der Waals surface area contributed by atoms with Gasteiger partial charge in [0.1, 0.15) is 0 Å². The molecular weight excluding hydrogens is 392 g/mol. The average molecular weight is 410 g/mol. The fourth-order valence-electron chi connectivity index (χ4n) is 2.38. The molecule has 0 radical (unpaired) electrons. The van der Waals surface area contributed by atoms with Gasteiger partial charge in [0.05, 0.1) is 6.42 Å². The molecule has 122 valence electrons. The van der Waals surface area contributed by atoms with Crippen molar-refractivity contribution in [2.24, 2.45) is 0 Å². The van der Waals surface area contributed by atoms with Gasteiger partial charge < -0.3 is 5.32 Å². The van der Waals surface area contributed by atoms with E-state index in [0.29, 0.717) is 18.7 Å². The van der Waals surface area contributed by atoms with Crippen molar-refractivity contribution in [3.05, 3.63) is 34.3 Å². The lowest BCUT2D eigenvalue weighted by atomic mass is 10.0. The van der Waals surface area contributed by atoms with Crippen molar-refractivity contribution < 1.29 is 13.2 Å². The van der Waals surface area contributed by atoms with Gasteiger partial charge in [-0.15, -0.1) is 24.8 Å². The minimum atomic E-state index is -4.15. The Morgan fingerprint density at radius 2 is 1.81 bits per heavy atom. The maximum Gasteiger partial charge on any atom is 0.390 e. The zero-order valence-corrected chi connectivity index (χ0v) is 14.4. The highest BCUT2D eigenvalue weighted by molar-refractivity contribution is 9.10. The molecule has 1 atom stereocenters. The summed E-state index contributed by atoms with van der Waals surface area (Å²) in [5, 5.41) is 3.16. The number of nitrogens with one attached hydrogen (secondary N) is 1. The molecule has 1 N–H and O–H groups in total. The van der Waals surface area contributed by atoms with Gasteiger partial charge in [0.2, 0.25) is 0 Å². The van der Waals surface area contributed by atoms with Crippen LogP contribution in [0.4, 0.5) is 13.2 Å². The van der Waals surface area contributed by atoms with Crippen LogP contribution in [-0.4, -0.2) is 37.3 Å². The molecule has 0 aromatic heterocycles. The van der Waals surface area contributed by atoms with E-state index in [0.717, 1.165) is 17.6 Å². The highest BCUT2D eigenvalue weighted by Gasteiger charge is 2.35. The lowest BCUT2D eigenvalue weighted by Gasteiger charge is -2.35. The van der Waals surface area contributed by atoms with Crippen LogP contribution in [0.2, 0.25) is 0 Å². The van der Waals surface area contributed by atoms with Crippen LogP contribution in [0.25, 0.3) is 0 Å². The number of rotatable bonds is 3. The maximum absolute atomic E-state index is 12.8. The first-order chi connectivity index (χ1) is 8.96. The lowest BCUT2D eigenvalue weighted by molar-refractivity contribution is -0.148. The van der Waals surface area contributed by atoms with Gasteiger partial charge in [-0.3, -0.25) is 4.90 Å². The molecule has 1 aromatic carbocycles. The quantitative estimate of drug-likeness (QED) is 0.805. The standard InChI is InChI=1S/C13H16BrF3N2.2ClH/c14-11-3-1-2-10(8-11)12(9-13(15,16)17)19-6-4-18-5-7-19;;/h1-3,8,12,18H,4-7,9H2;2*1H/t12-;;/m1../s1. The first kappa shape index (κ1) is 21.0. The highest BCUT2D eigenvalue weighted by atomic mass is 79.9. The largest absolute Gasteiger partial charge is 0.390 e. The number of alkyl halides is 3. The van der Waals surface area contributed by atoms with Crippen LogP contribution in [0.3, 0.4) is 0 Å². The molecule has 0 aliphatic carbocycles. The maximum atomic E-state index is 12.8. The van der Waals surface area contributed by atoms with E-state index in [4.69, 9.17) is 0 Å². The summed E-state index contributed by atoms with van der Waals surface area (Å²) in [5.74, 6) is 0. The summed E-state index contributed by atoms with van der Waals surface area (Å²) in [4.78, 5) is 1.91. The molecule has 21 heavy (non-hydrogen) atoms. The lowest BCUT2D eigenvalue weighted by Crippen LogP contribution is -2.46. The Hall–Kier alpha value is -0.0100. The Kier molecular flexibility index (Phi) is 9.20. The molecule has 1 saturated heterocycles. The zero-order chi connectivity index (χ0) is 13.9. The van der Waals surface area contributed by atoms with E-state index in [-0.39, 0.29) is 24.8 Å². The molecule has 0 amide bonds. The second kappa shape index (κ2) is 9.20. The Bertz CT molecular complexity index is 426. The smallest absolute Gasteiger partial charge is 0.314 e. The first-order valence-corrected chi connectivity index (χ1v) is 7.02. The molecule has 2 rings (SSSR count). The third-order valence-corrected chi connectivity index (χ3v) is 3.74. The SMILES string of the molecule is Cl.Cl.FC(F)(F)C[C@H](c1cccc(Br)c1)N1CCNCC1. The molecule has 1 fully saturated rings. The minimum absolute atomic E-state index is 0. The zero-order valence-electron chi connectivity index (χ0n) is 11.2. The van der Waals surface area contributed by atoms with Crippen molar-refractivity contribution in [3.63, 3.8) is 0 Å². The molecule has 1 heterocycles. The van der Waals surface area contributed by atoms with Crippen LogP contribution >= 0.6 is 40.7 Å². The summed E-state index contributed by atoms with van der Waals surface area (Å²) in [6, 6.07) is 6.55. The van der Waals surface area contributed by atoms with Gasteiger partial charge >= 0.3 is 6.18 Å². The molecule has 1 aliphatic rings. The molecule has 8 heteroatoms. The molecule has 0 unspecified atom stereocenters. The summed E-state index contributed by atoms with van der Waals surface area (Å²) in [6.07, 6.45) is -4.96. The normalized spacial score (nSPS) is 17.5. The minimum Gasteiger partial charge on any atom is -0.314 e. The number of hydrogen-bond acceptors (Lipinski definition) is 2. The molecular formula is C13H18BrCl2F3N2. The van der Waals surface area contributed by atoms with Gasteiger partial charge in [-0.25, -0.2) is 0 Å². The van der Waals surface area contributed by atoms with Crippen molar-refractivity contribution in [1.82, 2.24) is 10.2 Å². The summed E-state index contributed by atoms with van der Waals surface area (Å²) in [5.41, 5.74) is 0.716. The van der Waals surface area contributed by atoms with Crippen LogP contribution in [0.5, 0.6) is 0 Å². The van der Waals surface area contributed by atoms with E-state index in [9.17, 15) is 13.2 Å². The van der Waals surface area contributed by atoms with E-state index in [1.54, 1.807) is 18.2 Å². The second-order valence-corrected chi connectivity index (χ2v) is 5.59. The van der Waals surface area contributed by atoms with Gasteiger partial charge in [0.25, 0.3) is 0 Å². The number of nitrogens with zero attached hydrogens (tertiary/aromatic N) is 1. The van der Waals surface area contributed by atoms with Crippen LogP contribution in [0.15, 0.2) is 28.7 Å². The Labute approximate surface area is 143 Å². The number of halogens is 6. The van der Waals surface area contributed by atoms with Crippen LogP contribution in [0.1, 0.15) is 18.0 Å². The highest BCUT2D eigenvalue weighted by Crippen LogP contribution is 2.34. The average Bonchev–Trinajstić information content (AvgIpc) is 2.36. The summed E-state index contributed by atoms with van der Waals surface area (Å²) in [6.45, 7) is 2.77. The van der Waals surface area contributed by atoms with E-state index in [1.165, 1.54) is 0 Å². The molecule has 2 nitrogen and oxygen atoms in total. The fourth-order valence-corrected chi connectivity index (χ4v) is 2.80. The van der Waals surface area contributed by atoms with Crippen molar-refractivity contribution in [2.75, 3.05) is 26.2 Å². The van der Waals surface area contributed by atoms with E-state index in [1.807, 2.05) is 11.0 Å². The topological polar surface area (TPSA) is 15.3 Å². The van der Waals surface area contributed by atoms with Gasteiger partial charge in [0, 0.05) is 36.7 Å². The predicted molar refractivity (Wildman–Crippen MR) is 86.5 cm³/mol. The fraction of sp³-hybridized carbons (Fsp3) is 0.538. The van der Waals surface area contributed by atoms with Gasteiger partial charge in [-0.1, -0.05) is 28.1 Å². The van der Waals surface area contributed by atoms with E-state index in [2.05, 4.69) is 21.2 Å². The van der Waals surface area contributed by atoms with Gasteiger partial charge in [-0.05, 0) is 17.7 Å². The van der Waals surface area contributed by atoms with Crippen molar-refractivity contribution in [1.29, 1.82) is 0 Å². The van der Waals surface area contributed by atoms with Crippen molar-refractivity contribution in [3.8, 4) is 0 Å². The monoisotopic (exact) mass is 408 g/mol. The van der Waals surface area contributed by atoms with Crippen LogP contribution in [-0.2, 0) is 0 Å². The number of piperazine rings is 1. The van der Waals surface area contributed by atoms with Gasteiger partial charge in [-0.2, -0.15) is 13.2 Å². The van der Waals surface area contributed by atoms with E-state index < -0.39 is 18.6 Å². The summed E-state index contributed by atoms with van der Waals surface area (Å²) < 4.78 is 39.2.